The molecule has 2 atom stereocenters. The van der Waals surface area contributed by atoms with E-state index in [0.717, 1.165) is 17.5 Å². The fourth-order valence-corrected chi connectivity index (χ4v) is 3.86. The number of carbonyl (C=O) groups is 3. The Morgan fingerprint density at radius 3 is 2.21 bits per heavy atom. The first-order valence-corrected chi connectivity index (χ1v) is 12.1. The molecule has 3 aromatic rings. The first-order valence-electron chi connectivity index (χ1n) is 12.1. The fourth-order valence-electron chi connectivity index (χ4n) is 3.86. The van der Waals surface area contributed by atoms with E-state index in [1.54, 1.807) is 24.3 Å². The lowest BCUT2D eigenvalue weighted by atomic mass is 10.0. The van der Waals surface area contributed by atoms with Gasteiger partial charge < -0.3 is 32.7 Å². The molecule has 8 N–H and O–H groups in total. The number of aromatic nitrogens is 1. The minimum Gasteiger partial charge on any atom is -0.342 e. The highest BCUT2D eigenvalue weighted by molar-refractivity contribution is 6.06. The molecule has 13 heteroatoms. The summed E-state index contributed by atoms with van der Waals surface area (Å²) in [5.41, 5.74) is 17.5. The Balaban J connectivity index is 1.82. The number of nitrogens with zero attached hydrogens (tertiary/aromatic N) is 2. The summed E-state index contributed by atoms with van der Waals surface area (Å²) in [7, 11) is 0. The number of alkyl halides is 3. The molecule has 0 radical (unpaired) electrons. The molecule has 208 valence electrons. The van der Waals surface area contributed by atoms with E-state index in [9.17, 15) is 27.6 Å². The van der Waals surface area contributed by atoms with Crippen LogP contribution in [-0.2, 0) is 27.0 Å². The van der Waals surface area contributed by atoms with Crippen LogP contribution in [-0.4, -0.2) is 65.9 Å². The number of benzene rings is 2. The summed E-state index contributed by atoms with van der Waals surface area (Å²) >= 11 is 0. The van der Waals surface area contributed by atoms with Gasteiger partial charge >= 0.3 is 6.18 Å². The molecule has 0 aliphatic rings. The van der Waals surface area contributed by atoms with Crippen LogP contribution in [0.25, 0.3) is 10.9 Å². The van der Waals surface area contributed by atoms with E-state index in [1.807, 2.05) is 6.07 Å². The second-order valence-electron chi connectivity index (χ2n) is 8.75. The van der Waals surface area contributed by atoms with E-state index >= 15 is 0 Å². The van der Waals surface area contributed by atoms with Crippen molar-refractivity contribution in [3.05, 3.63) is 71.9 Å². The van der Waals surface area contributed by atoms with E-state index in [2.05, 4.69) is 15.6 Å². The number of rotatable bonds is 11. The molecular weight excluding hydrogens is 515 g/mol. The molecule has 0 spiro atoms. The molecule has 39 heavy (non-hydrogen) atoms. The Morgan fingerprint density at radius 1 is 0.949 bits per heavy atom. The highest BCUT2D eigenvalue weighted by atomic mass is 19.4. The molecule has 0 aliphatic heterocycles. The minimum absolute atomic E-state index is 0.124. The largest absolute Gasteiger partial charge is 0.416 e. The number of pyridine rings is 1. The van der Waals surface area contributed by atoms with Crippen LogP contribution in [0.1, 0.15) is 11.1 Å². The van der Waals surface area contributed by atoms with Crippen LogP contribution in [0.15, 0.2) is 60.8 Å². The smallest absolute Gasteiger partial charge is 0.342 e. The first kappa shape index (κ1) is 29.5. The van der Waals surface area contributed by atoms with E-state index in [4.69, 9.17) is 17.2 Å². The monoisotopic (exact) mass is 545 g/mol. The van der Waals surface area contributed by atoms with Crippen molar-refractivity contribution in [2.45, 2.75) is 24.7 Å². The maximum atomic E-state index is 13.2. The third-order valence-electron chi connectivity index (χ3n) is 5.87. The van der Waals surface area contributed by atoms with E-state index in [-0.39, 0.29) is 32.6 Å². The number of para-hydroxylation sites is 1. The third kappa shape index (κ3) is 7.96. The maximum absolute atomic E-state index is 13.2. The van der Waals surface area contributed by atoms with E-state index in [0.29, 0.717) is 16.8 Å². The highest BCUT2D eigenvalue weighted by Gasteiger charge is 2.32. The SMILES string of the molecule is NCCN(CCN)C(=O)C(N)C(=O)N[C@@H](Cc1ccc(C(F)(F)F)cc1)C(=O)Nc1cnc2ccccc2c1. The van der Waals surface area contributed by atoms with Gasteiger partial charge in [-0.2, -0.15) is 13.2 Å². The summed E-state index contributed by atoms with van der Waals surface area (Å²) in [5.74, 6) is -2.35. The predicted octanol–water partition coefficient (Wildman–Crippen LogP) is 0.993. The average Bonchev–Trinajstić information content (AvgIpc) is 2.91. The van der Waals surface area contributed by atoms with Gasteiger partial charge in [0, 0.05) is 38.0 Å². The molecule has 2 aromatic carbocycles. The van der Waals surface area contributed by atoms with Crippen LogP contribution >= 0.6 is 0 Å². The number of hydrogen-bond donors (Lipinski definition) is 5. The van der Waals surface area contributed by atoms with Crippen molar-refractivity contribution in [3.8, 4) is 0 Å². The zero-order valence-electron chi connectivity index (χ0n) is 20.9. The van der Waals surface area contributed by atoms with Crippen LogP contribution in [0, 0.1) is 0 Å². The summed E-state index contributed by atoms with van der Waals surface area (Å²) in [6, 6.07) is 10.2. The van der Waals surface area contributed by atoms with Gasteiger partial charge in [0.1, 0.15) is 6.04 Å². The Labute approximate surface area is 222 Å². The molecule has 1 heterocycles. The van der Waals surface area contributed by atoms with Crippen molar-refractivity contribution >= 4 is 34.3 Å². The minimum atomic E-state index is -4.53. The molecule has 3 amide bonds. The summed E-state index contributed by atoms with van der Waals surface area (Å²) in [6.45, 7) is 0.501. The number of hydrogen-bond acceptors (Lipinski definition) is 7. The number of fused-ring (bicyclic) bond motifs is 1. The average molecular weight is 546 g/mol. The number of halogens is 3. The van der Waals surface area contributed by atoms with Crippen molar-refractivity contribution in [3.63, 3.8) is 0 Å². The number of amides is 3. The fraction of sp³-hybridized carbons (Fsp3) is 0.308. The molecule has 0 aliphatic carbocycles. The Morgan fingerprint density at radius 2 is 1.59 bits per heavy atom. The van der Waals surface area contributed by atoms with Crippen molar-refractivity contribution in [1.82, 2.24) is 15.2 Å². The van der Waals surface area contributed by atoms with Gasteiger partial charge in [0.25, 0.3) is 0 Å². The van der Waals surface area contributed by atoms with Gasteiger partial charge in [-0.05, 0) is 29.8 Å². The van der Waals surface area contributed by atoms with Crippen molar-refractivity contribution in [2.75, 3.05) is 31.5 Å². The summed E-state index contributed by atoms with van der Waals surface area (Å²) in [4.78, 5) is 44.4. The van der Waals surface area contributed by atoms with Gasteiger partial charge in [0.05, 0.1) is 23.0 Å². The molecule has 0 bridgehead atoms. The first-order chi connectivity index (χ1) is 18.5. The van der Waals surface area contributed by atoms with Gasteiger partial charge in [-0.1, -0.05) is 30.3 Å². The lowest BCUT2D eigenvalue weighted by Gasteiger charge is -2.26. The van der Waals surface area contributed by atoms with Crippen LogP contribution in [0.5, 0.6) is 0 Å². The van der Waals surface area contributed by atoms with Crippen LogP contribution in [0.3, 0.4) is 0 Å². The molecular formula is C26H30F3N7O3. The van der Waals surface area contributed by atoms with Gasteiger partial charge in [-0.25, -0.2) is 0 Å². The summed E-state index contributed by atoms with van der Waals surface area (Å²) in [5, 5.41) is 5.88. The Bertz CT molecular complexity index is 1300. The van der Waals surface area contributed by atoms with Crippen LogP contribution in [0.4, 0.5) is 18.9 Å². The normalized spacial score (nSPS) is 13.0. The number of nitrogens with one attached hydrogen (secondary N) is 2. The number of carbonyl (C=O) groups excluding carboxylic acids is 3. The van der Waals surface area contributed by atoms with E-state index in [1.165, 1.54) is 23.2 Å². The van der Waals surface area contributed by atoms with Gasteiger partial charge in [-0.15, -0.1) is 0 Å². The van der Waals surface area contributed by atoms with Crippen LogP contribution in [0.2, 0.25) is 0 Å². The second kappa shape index (κ2) is 13.1. The number of nitrogens with two attached hydrogens (primary N) is 3. The lowest BCUT2D eigenvalue weighted by molar-refractivity contribution is -0.139. The molecule has 0 fully saturated rings. The maximum Gasteiger partial charge on any atom is 0.416 e. The lowest BCUT2D eigenvalue weighted by Crippen LogP contribution is -2.57. The van der Waals surface area contributed by atoms with Crippen molar-refractivity contribution in [1.29, 1.82) is 0 Å². The zero-order valence-corrected chi connectivity index (χ0v) is 20.9. The summed E-state index contributed by atoms with van der Waals surface area (Å²) in [6.07, 6.45) is -3.27. The zero-order chi connectivity index (χ0) is 28.6. The topological polar surface area (TPSA) is 169 Å². The van der Waals surface area contributed by atoms with Crippen LogP contribution < -0.4 is 27.8 Å². The predicted molar refractivity (Wildman–Crippen MR) is 140 cm³/mol. The van der Waals surface area contributed by atoms with Crippen molar-refractivity contribution < 1.29 is 27.6 Å². The Hall–Kier alpha value is -4.07. The van der Waals surface area contributed by atoms with E-state index < -0.39 is 41.5 Å². The Kier molecular flexibility index (Phi) is 9.93. The van der Waals surface area contributed by atoms with Gasteiger partial charge in [0.15, 0.2) is 6.04 Å². The standard InChI is InChI=1S/C26H30F3N7O3/c27-26(28,29)18-7-5-16(6-8-18)13-21(35-24(38)22(32)25(39)36(11-9-30)12-10-31)23(37)34-19-14-17-3-1-2-4-20(17)33-15-19/h1-8,14-15,21-22H,9-13,30-32H2,(H,34,37)(H,35,38)/t21-,22?/m0/s1. The molecule has 1 unspecified atom stereocenters. The number of anilines is 1. The second-order valence-corrected chi connectivity index (χ2v) is 8.75. The molecule has 1 aromatic heterocycles. The summed E-state index contributed by atoms with van der Waals surface area (Å²) < 4.78 is 38.9. The molecule has 10 nitrogen and oxygen atoms in total. The quantitative estimate of drug-likeness (QED) is 0.224. The molecule has 0 saturated heterocycles. The van der Waals surface area contributed by atoms with Crippen molar-refractivity contribution in [2.24, 2.45) is 17.2 Å². The molecule has 3 rings (SSSR count). The third-order valence-corrected chi connectivity index (χ3v) is 5.87. The highest BCUT2D eigenvalue weighted by Crippen LogP contribution is 2.29. The van der Waals surface area contributed by atoms with Gasteiger partial charge in [-0.3, -0.25) is 19.4 Å². The molecule has 0 saturated carbocycles. The van der Waals surface area contributed by atoms with Gasteiger partial charge in [0.2, 0.25) is 17.7 Å².